The van der Waals surface area contributed by atoms with Gasteiger partial charge in [-0.3, -0.25) is 4.79 Å². The predicted molar refractivity (Wildman–Crippen MR) is 35.0 cm³/mol. The number of rotatable bonds is 1. The van der Waals surface area contributed by atoms with Gasteiger partial charge in [-0.05, 0) is 12.3 Å². The Labute approximate surface area is 54.2 Å². The number of carbonyl (C=O) groups is 1. The molecule has 1 rings (SSSR count). The standard InChI is InChI=1S/C5H9N.CH2O2/c1-2-4-3-5(4)6;2-1-3/h2,4-5H,1,3,6H2;1H,(H,2,3). The van der Waals surface area contributed by atoms with Crippen LogP contribution in [0.15, 0.2) is 12.7 Å². The Morgan fingerprint density at radius 1 is 1.78 bits per heavy atom. The van der Waals surface area contributed by atoms with Gasteiger partial charge in [0.25, 0.3) is 6.47 Å². The van der Waals surface area contributed by atoms with Crippen molar-refractivity contribution < 1.29 is 9.90 Å². The second kappa shape index (κ2) is 4.09. The fourth-order valence-corrected chi connectivity index (χ4v) is 0.507. The van der Waals surface area contributed by atoms with Crippen LogP contribution in [0.3, 0.4) is 0 Å². The normalized spacial score (nSPS) is 29.4. The van der Waals surface area contributed by atoms with Crippen molar-refractivity contribution in [2.24, 2.45) is 11.7 Å². The summed E-state index contributed by atoms with van der Waals surface area (Å²) in [7, 11) is 0. The van der Waals surface area contributed by atoms with Crippen LogP contribution in [0.5, 0.6) is 0 Å². The summed E-state index contributed by atoms with van der Waals surface area (Å²) in [5.41, 5.74) is 5.41. The van der Waals surface area contributed by atoms with Gasteiger partial charge in [0.2, 0.25) is 0 Å². The maximum Gasteiger partial charge on any atom is 0.290 e. The Kier molecular flexibility index (Phi) is 3.71. The van der Waals surface area contributed by atoms with E-state index in [0.717, 1.165) is 6.42 Å². The fraction of sp³-hybridized carbons (Fsp3) is 0.500. The van der Waals surface area contributed by atoms with E-state index in [1.165, 1.54) is 0 Å². The van der Waals surface area contributed by atoms with Gasteiger partial charge in [-0.1, -0.05) is 6.08 Å². The zero-order valence-electron chi connectivity index (χ0n) is 5.16. The number of carboxylic acid groups (broad SMARTS) is 1. The first-order valence-corrected chi connectivity index (χ1v) is 2.72. The monoisotopic (exact) mass is 129 g/mol. The molecule has 0 amide bonds. The van der Waals surface area contributed by atoms with Crippen molar-refractivity contribution in [3.8, 4) is 0 Å². The van der Waals surface area contributed by atoms with Crippen LogP contribution in [0.25, 0.3) is 0 Å². The Balaban J connectivity index is 0.000000187. The molecule has 2 atom stereocenters. The topological polar surface area (TPSA) is 63.3 Å². The lowest BCUT2D eigenvalue weighted by Gasteiger charge is -1.73. The van der Waals surface area contributed by atoms with E-state index in [9.17, 15) is 0 Å². The summed E-state index contributed by atoms with van der Waals surface area (Å²) in [5.74, 6) is 0.644. The molecular weight excluding hydrogens is 118 g/mol. The van der Waals surface area contributed by atoms with Crippen molar-refractivity contribution in [3.05, 3.63) is 12.7 Å². The van der Waals surface area contributed by atoms with Gasteiger partial charge in [-0.2, -0.15) is 0 Å². The lowest BCUT2D eigenvalue weighted by Crippen LogP contribution is -1.99. The fourth-order valence-electron chi connectivity index (χ4n) is 0.507. The van der Waals surface area contributed by atoms with E-state index in [-0.39, 0.29) is 6.47 Å². The first-order chi connectivity index (χ1) is 4.26. The summed E-state index contributed by atoms with van der Waals surface area (Å²) < 4.78 is 0. The Bertz CT molecular complexity index is 103. The first kappa shape index (κ1) is 8.17. The van der Waals surface area contributed by atoms with Gasteiger partial charge in [0.1, 0.15) is 0 Å². The van der Waals surface area contributed by atoms with Crippen molar-refractivity contribution in [3.63, 3.8) is 0 Å². The molecule has 1 fully saturated rings. The third-order valence-electron chi connectivity index (χ3n) is 1.19. The average Bonchev–Trinajstić information content (AvgIpc) is 2.49. The second-order valence-electron chi connectivity index (χ2n) is 1.90. The van der Waals surface area contributed by atoms with Crippen LogP contribution in [0.1, 0.15) is 6.42 Å². The molecule has 0 aliphatic heterocycles. The van der Waals surface area contributed by atoms with Crippen LogP contribution in [0.4, 0.5) is 0 Å². The summed E-state index contributed by atoms with van der Waals surface area (Å²) in [4.78, 5) is 8.36. The SMILES string of the molecule is C=CC1CC1N.O=CO. The van der Waals surface area contributed by atoms with Crippen molar-refractivity contribution in [1.82, 2.24) is 0 Å². The summed E-state index contributed by atoms with van der Waals surface area (Å²) in [5, 5.41) is 6.89. The molecule has 0 heterocycles. The van der Waals surface area contributed by atoms with Crippen LogP contribution in [0.2, 0.25) is 0 Å². The smallest absolute Gasteiger partial charge is 0.290 e. The van der Waals surface area contributed by atoms with E-state index in [1.54, 1.807) is 0 Å². The van der Waals surface area contributed by atoms with Crippen LogP contribution < -0.4 is 5.73 Å². The van der Waals surface area contributed by atoms with E-state index >= 15 is 0 Å². The summed E-state index contributed by atoms with van der Waals surface area (Å²) >= 11 is 0. The molecule has 2 unspecified atom stereocenters. The molecular formula is C6H11NO2. The first-order valence-electron chi connectivity index (χ1n) is 2.72. The van der Waals surface area contributed by atoms with Gasteiger partial charge in [0.05, 0.1) is 0 Å². The highest BCUT2D eigenvalue weighted by Gasteiger charge is 2.29. The van der Waals surface area contributed by atoms with E-state index in [0.29, 0.717) is 12.0 Å². The quantitative estimate of drug-likeness (QED) is 0.393. The highest BCUT2D eigenvalue weighted by Crippen LogP contribution is 2.27. The van der Waals surface area contributed by atoms with Crippen LogP contribution in [-0.4, -0.2) is 17.6 Å². The van der Waals surface area contributed by atoms with Crippen molar-refractivity contribution in [2.75, 3.05) is 0 Å². The van der Waals surface area contributed by atoms with Crippen molar-refractivity contribution >= 4 is 6.47 Å². The number of hydrogen-bond acceptors (Lipinski definition) is 2. The van der Waals surface area contributed by atoms with Gasteiger partial charge in [0, 0.05) is 6.04 Å². The minimum absolute atomic E-state index is 0.250. The molecule has 0 aromatic heterocycles. The molecule has 0 spiro atoms. The number of hydrogen-bond donors (Lipinski definition) is 2. The largest absolute Gasteiger partial charge is 0.483 e. The van der Waals surface area contributed by atoms with E-state index in [4.69, 9.17) is 15.6 Å². The Hall–Kier alpha value is -0.830. The van der Waals surface area contributed by atoms with E-state index in [1.807, 2.05) is 6.08 Å². The molecule has 0 aromatic rings. The van der Waals surface area contributed by atoms with Crippen molar-refractivity contribution in [2.45, 2.75) is 12.5 Å². The van der Waals surface area contributed by atoms with Crippen molar-refractivity contribution in [1.29, 1.82) is 0 Å². The zero-order chi connectivity index (χ0) is 7.28. The molecule has 0 bridgehead atoms. The average molecular weight is 129 g/mol. The van der Waals surface area contributed by atoms with Gasteiger partial charge >= 0.3 is 0 Å². The summed E-state index contributed by atoms with van der Waals surface area (Å²) in [6, 6.07) is 0.447. The summed E-state index contributed by atoms with van der Waals surface area (Å²) in [6.07, 6.45) is 3.08. The lowest BCUT2D eigenvalue weighted by molar-refractivity contribution is -0.122. The van der Waals surface area contributed by atoms with Crippen LogP contribution >= 0.6 is 0 Å². The van der Waals surface area contributed by atoms with Gasteiger partial charge in [-0.15, -0.1) is 6.58 Å². The second-order valence-corrected chi connectivity index (χ2v) is 1.90. The molecule has 3 heteroatoms. The van der Waals surface area contributed by atoms with Gasteiger partial charge < -0.3 is 10.8 Å². The Morgan fingerprint density at radius 2 is 2.11 bits per heavy atom. The lowest BCUT2D eigenvalue weighted by atomic mass is 10.4. The highest BCUT2D eigenvalue weighted by molar-refractivity contribution is 5.32. The molecule has 1 saturated carbocycles. The molecule has 1 aliphatic rings. The van der Waals surface area contributed by atoms with Crippen LogP contribution in [-0.2, 0) is 4.79 Å². The molecule has 52 valence electrons. The Morgan fingerprint density at radius 3 is 2.11 bits per heavy atom. The molecule has 0 saturated heterocycles. The van der Waals surface area contributed by atoms with E-state index in [2.05, 4.69) is 6.58 Å². The highest BCUT2D eigenvalue weighted by atomic mass is 16.3. The minimum Gasteiger partial charge on any atom is -0.483 e. The van der Waals surface area contributed by atoms with E-state index < -0.39 is 0 Å². The zero-order valence-corrected chi connectivity index (χ0v) is 5.16. The minimum atomic E-state index is -0.250. The third-order valence-corrected chi connectivity index (χ3v) is 1.19. The van der Waals surface area contributed by atoms with Gasteiger partial charge in [-0.25, -0.2) is 0 Å². The summed E-state index contributed by atoms with van der Waals surface area (Å²) in [6.45, 7) is 3.34. The maximum atomic E-state index is 8.36. The molecule has 0 radical (unpaired) electrons. The molecule has 9 heavy (non-hydrogen) atoms. The molecule has 0 aromatic carbocycles. The maximum absolute atomic E-state index is 8.36. The van der Waals surface area contributed by atoms with Crippen LogP contribution in [0, 0.1) is 5.92 Å². The van der Waals surface area contributed by atoms with Gasteiger partial charge in [0.15, 0.2) is 0 Å². The third kappa shape index (κ3) is 3.73. The molecule has 1 aliphatic carbocycles. The predicted octanol–water partition coefficient (Wildman–Crippen LogP) is 0.220. The number of nitrogens with two attached hydrogens (primary N) is 1. The molecule has 3 nitrogen and oxygen atoms in total. The molecule has 3 N–H and O–H groups in total.